The molecular formula is C24H24N2O4S. The number of hydrogen-bond donors (Lipinski definition) is 1. The fourth-order valence-corrected chi connectivity index (χ4v) is 5.44. The van der Waals surface area contributed by atoms with E-state index in [4.69, 9.17) is 13.9 Å². The molecule has 1 fully saturated rings. The molecule has 0 radical (unpaired) electrons. The number of nitrogens with one attached hydrogen (secondary N) is 1. The third kappa shape index (κ3) is 3.69. The van der Waals surface area contributed by atoms with E-state index in [1.807, 2.05) is 30.3 Å². The third-order valence-corrected chi connectivity index (χ3v) is 6.88. The minimum Gasteiger partial charge on any atom is -0.493 e. The van der Waals surface area contributed by atoms with E-state index in [-0.39, 0.29) is 12.0 Å². The summed E-state index contributed by atoms with van der Waals surface area (Å²) in [6.45, 7) is 2.78. The summed E-state index contributed by atoms with van der Waals surface area (Å²) in [5, 5.41) is 4.90. The van der Waals surface area contributed by atoms with Crippen molar-refractivity contribution in [3.63, 3.8) is 0 Å². The number of amides is 1. The number of ether oxygens (including phenoxy) is 2. The summed E-state index contributed by atoms with van der Waals surface area (Å²) < 4.78 is 18.8. The standard InChI is InChI=1S/C24H24N2O4S/c1-25-24(27)23-21(17-7-3-4-9-20(17)31-23)19-14-26(10-11-29-19)13-16-12-15-6-5-8-18(28-2)22(15)30-16/h3-9,12,19H,10-11,13-14H2,1-2H3,(H,25,27). The van der Waals surface area contributed by atoms with E-state index in [0.29, 0.717) is 19.7 Å². The largest absolute Gasteiger partial charge is 0.493 e. The van der Waals surface area contributed by atoms with Crippen molar-refractivity contribution in [2.45, 2.75) is 12.6 Å². The van der Waals surface area contributed by atoms with Crippen molar-refractivity contribution in [3.05, 3.63) is 64.7 Å². The average Bonchev–Trinajstić information content (AvgIpc) is 3.39. The van der Waals surface area contributed by atoms with Gasteiger partial charge in [0.25, 0.3) is 5.91 Å². The van der Waals surface area contributed by atoms with Gasteiger partial charge in [-0.15, -0.1) is 11.3 Å². The van der Waals surface area contributed by atoms with Crippen LogP contribution < -0.4 is 10.1 Å². The lowest BCUT2D eigenvalue weighted by Crippen LogP contribution is -2.38. The van der Waals surface area contributed by atoms with Gasteiger partial charge in [0.1, 0.15) is 5.76 Å². The summed E-state index contributed by atoms with van der Waals surface area (Å²) in [5.41, 5.74) is 1.76. The number of morpholine rings is 1. The Morgan fingerprint density at radius 2 is 2.13 bits per heavy atom. The highest BCUT2D eigenvalue weighted by molar-refractivity contribution is 7.21. The van der Waals surface area contributed by atoms with E-state index in [9.17, 15) is 4.79 Å². The molecule has 0 bridgehead atoms. The Morgan fingerprint density at radius 1 is 1.26 bits per heavy atom. The molecule has 7 heteroatoms. The quantitative estimate of drug-likeness (QED) is 0.496. The number of furan rings is 1. The second-order valence-corrected chi connectivity index (χ2v) is 8.66. The molecule has 1 saturated heterocycles. The van der Waals surface area contributed by atoms with Crippen molar-refractivity contribution in [1.82, 2.24) is 10.2 Å². The molecule has 0 spiro atoms. The molecule has 0 aliphatic carbocycles. The summed E-state index contributed by atoms with van der Waals surface area (Å²) in [7, 11) is 3.32. The van der Waals surface area contributed by atoms with Gasteiger partial charge in [-0.2, -0.15) is 0 Å². The minimum absolute atomic E-state index is 0.0682. The molecule has 1 unspecified atom stereocenters. The van der Waals surface area contributed by atoms with Crippen molar-refractivity contribution in [2.75, 3.05) is 33.9 Å². The summed E-state index contributed by atoms with van der Waals surface area (Å²) in [6, 6.07) is 16.1. The van der Waals surface area contributed by atoms with Crippen LogP contribution in [0.15, 0.2) is 52.9 Å². The fourth-order valence-electron chi connectivity index (χ4n) is 4.24. The zero-order valence-electron chi connectivity index (χ0n) is 17.5. The minimum atomic E-state index is -0.170. The van der Waals surface area contributed by atoms with Crippen molar-refractivity contribution >= 4 is 38.3 Å². The molecule has 1 aliphatic rings. The average molecular weight is 437 g/mol. The lowest BCUT2D eigenvalue weighted by Gasteiger charge is -2.32. The van der Waals surface area contributed by atoms with Crippen molar-refractivity contribution in [2.24, 2.45) is 0 Å². The summed E-state index contributed by atoms with van der Waals surface area (Å²) in [6.07, 6.45) is -0.170. The first-order valence-corrected chi connectivity index (χ1v) is 11.1. The van der Waals surface area contributed by atoms with Crippen molar-refractivity contribution in [1.29, 1.82) is 0 Å². The lowest BCUT2D eigenvalue weighted by atomic mass is 10.0. The molecule has 1 amide bonds. The lowest BCUT2D eigenvalue weighted by molar-refractivity contribution is -0.0339. The molecule has 0 saturated carbocycles. The van der Waals surface area contributed by atoms with Gasteiger partial charge in [-0.05, 0) is 23.6 Å². The van der Waals surface area contributed by atoms with Crippen molar-refractivity contribution < 1.29 is 18.7 Å². The molecular weight excluding hydrogens is 412 g/mol. The summed E-state index contributed by atoms with van der Waals surface area (Å²) >= 11 is 1.52. The fraction of sp³-hybridized carbons (Fsp3) is 0.292. The second kappa shape index (κ2) is 8.34. The van der Waals surface area contributed by atoms with Gasteiger partial charge >= 0.3 is 0 Å². The normalized spacial score (nSPS) is 17.3. The number of para-hydroxylation sites is 1. The van der Waals surface area contributed by atoms with Crippen LogP contribution in [0, 0.1) is 0 Å². The van der Waals surface area contributed by atoms with E-state index in [1.54, 1.807) is 14.2 Å². The van der Waals surface area contributed by atoms with Crippen LogP contribution in [0.1, 0.15) is 27.1 Å². The zero-order chi connectivity index (χ0) is 21.4. The Bertz CT molecular complexity index is 1250. The smallest absolute Gasteiger partial charge is 0.261 e. The summed E-state index contributed by atoms with van der Waals surface area (Å²) in [5.74, 6) is 1.56. The topological polar surface area (TPSA) is 63.9 Å². The second-order valence-electron chi connectivity index (χ2n) is 7.61. The van der Waals surface area contributed by atoms with Gasteiger partial charge in [0.2, 0.25) is 0 Å². The van der Waals surface area contributed by atoms with Gasteiger partial charge < -0.3 is 19.2 Å². The number of carbonyl (C=O) groups excluding carboxylic acids is 1. The van der Waals surface area contributed by atoms with Gasteiger partial charge in [-0.25, -0.2) is 0 Å². The Hall–Kier alpha value is -2.87. The van der Waals surface area contributed by atoms with Gasteiger partial charge in [-0.3, -0.25) is 9.69 Å². The number of rotatable bonds is 5. The van der Waals surface area contributed by atoms with Crippen LogP contribution in [0.5, 0.6) is 5.75 Å². The number of thiophene rings is 1. The Morgan fingerprint density at radius 3 is 2.97 bits per heavy atom. The highest BCUT2D eigenvalue weighted by Gasteiger charge is 2.30. The van der Waals surface area contributed by atoms with Crippen molar-refractivity contribution in [3.8, 4) is 5.75 Å². The molecule has 2 aromatic carbocycles. The molecule has 6 nitrogen and oxygen atoms in total. The highest BCUT2D eigenvalue weighted by atomic mass is 32.1. The predicted molar refractivity (Wildman–Crippen MR) is 122 cm³/mol. The first kappa shape index (κ1) is 20.1. The monoisotopic (exact) mass is 436 g/mol. The van der Waals surface area contributed by atoms with E-state index in [0.717, 1.165) is 49.6 Å². The Labute approximate surface area is 184 Å². The number of methoxy groups -OCH3 is 1. The zero-order valence-corrected chi connectivity index (χ0v) is 18.3. The molecule has 5 rings (SSSR count). The molecule has 2 aromatic heterocycles. The number of benzene rings is 2. The predicted octanol–water partition coefficient (Wildman–Crippen LogP) is 4.59. The van der Waals surface area contributed by atoms with Gasteiger partial charge in [0.15, 0.2) is 11.3 Å². The SMILES string of the molecule is CNC(=O)c1sc2ccccc2c1C1CN(Cc2cc3cccc(OC)c3o2)CCO1. The molecule has 31 heavy (non-hydrogen) atoms. The number of nitrogens with zero attached hydrogens (tertiary/aromatic N) is 1. The van der Waals surface area contributed by atoms with E-state index >= 15 is 0 Å². The molecule has 1 atom stereocenters. The Balaban J connectivity index is 1.43. The molecule has 3 heterocycles. The van der Waals surface area contributed by atoms with Crippen LogP contribution in [0.2, 0.25) is 0 Å². The molecule has 1 aliphatic heterocycles. The maximum absolute atomic E-state index is 12.6. The first-order chi connectivity index (χ1) is 15.2. The van der Waals surface area contributed by atoms with Crippen LogP contribution in [-0.2, 0) is 11.3 Å². The van der Waals surface area contributed by atoms with Crippen LogP contribution in [-0.4, -0.2) is 44.7 Å². The Kier molecular flexibility index (Phi) is 5.40. The van der Waals surface area contributed by atoms with Gasteiger partial charge in [0, 0.05) is 35.8 Å². The summed E-state index contributed by atoms with van der Waals surface area (Å²) in [4.78, 5) is 15.6. The van der Waals surface area contributed by atoms with Gasteiger partial charge in [-0.1, -0.05) is 30.3 Å². The number of carbonyl (C=O) groups is 1. The highest BCUT2D eigenvalue weighted by Crippen LogP contribution is 2.38. The van der Waals surface area contributed by atoms with E-state index in [1.165, 1.54) is 11.3 Å². The molecule has 1 N–H and O–H groups in total. The van der Waals surface area contributed by atoms with E-state index in [2.05, 4.69) is 28.4 Å². The first-order valence-electron chi connectivity index (χ1n) is 10.3. The molecule has 4 aromatic rings. The molecule has 160 valence electrons. The number of fused-ring (bicyclic) bond motifs is 2. The maximum atomic E-state index is 12.6. The maximum Gasteiger partial charge on any atom is 0.261 e. The number of hydrogen-bond acceptors (Lipinski definition) is 6. The van der Waals surface area contributed by atoms with Crippen LogP contribution in [0.3, 0.4) is 0 Å². The third-order valence-electron chi connectivity index (χ3n) is 5.70. The van der Waals surface area contributed by atoms with E-state index < -0.39 is 0 Å². The van der Waals surface area contributed by atoms with Crippen LogP contribution in [0.4, 0.5) is 0 Å². The van der Waals surface area contributed by atoms with Crippen LogP contribution in [0.25, 0.3) is 21.1 Å². The van der Waals surface area contributed by atoms with Gasteiger partial charge in [0.05, 0.1) is 31.2 Å². The van der Waals surface area contributed by atoms with Crippen LogP contribution >= 0.6 is 11.3 Å².